The predicted molar refractivity (Wildman–Crippen MR) is 119 cm³/mol. The lowest BCUT2D eigenvalue weighted by atomic mass is 10.0. The fourth-order valence-corrected chi connectivity index (χ4v) is 3.81. The largest absolute Gasteiger partial charge is 0.490 e. The number of hydrogen-bond donors (Lipinski definition) is 3. The lowest BCUT2D eigenvalue weighted by Gasteiger charge is -2.31. The Bertz CT molecular complexity index is 1030. The van der Waals surface area contributed by atoms with Crippen molar-refractivity contribution in [3.63, 3.8) is 0 Å². The molecule has 8 nitrogen and oxygen atoms in total. The number of benzene rings is 2. The SMILES string of the molecule is Cc1c(OC2CCN(C)CC2)ccc2c1OC(O)C(NC(=O)NC(=O)c1ccccc1)=C2. The molecule has 1 unspecified atom stereocenters. The van der Waals surface area contributed by atoms with Gasteiger partial charge in [0.15, 0.2) is 0 Å². The second-order valence-corrected chi connectivity index (χ2v) is 8.07. The maximum Gasteiger partial charge on any atom is 0.326 e. The molecule has 1 atom stereocenters. The first-order chi connectivity index (χ1) is 15.4. The Kier molecular flexibility index (Phi) is 6.43. The molecule has 168 valence electrons. The average molecular weight is 437 g/mol. The van der Waals surface area contributed by atoms with Gasteiger partial charge in [-0.05, 0) is 57.2 Å². The molecule has 4 rings (SSSR count). The first-order valence-corrected chi connectivity index (χ1v) is 10.6. The minimum Gasteiger partial charge on any atom is -0.490 e. The van der Waals surface area contributed by atoms with Crippen LogP contribution in [0.4, 0.5) is 4.79 Å². The summed E-state index contributed by atoms with van der Waals surface area (Å²) in [5.41, 5.74) is 1.99. The van der Waals surface area contributed by atoms with Crippen LogP contribution in [-0.4, -0.2) is 54.5 Å². The predicted octanol–water partition coefficient (Wildman–Crippen LogP) is 2.66. The number of likely N-dealkylation sites (tertiary alicyclic amines) is 1. The number of aliphatic hydroxyl groups is 1. The number of carbonyl (C=O) groups is 2. The first kappa shape index (κ1) is 21.9. The second kappa shape index (κ2) is 9.42. The van der Waals surface area contributed by atoms with Crippen LogP contribution >= 0.6 is 0 Å². The highest BCUT2D eigenvalue weighted by atomic mass is 16.6. The number of fused-ring (bicyclic) bond motifs is 1. The van der Waals surface area contributed by atoms with E-state index in [4.69, 9.17) is 9.47 Å². The summed E-state index contributed by atoms with van der Waals surface area (Å²) in [6.07, 6.45) is 2.32. The number of hydrogen-bond acceptors (Lipinski definition) is 6. The van der Waals surface area contributed by atoms with Gasteiger partial charge in [-0.25, -0.2) is 4.79 Å². The molecule has 2 aliphatic heterocycles. The maximum atomic E-state index is 12.2. The standard InChI is InChI=1S/C24H27N3O5/c1-15-20(31-18-10-12-27(2)13-11-18)9-8-17-14-19(23(29)32-21(15)17)25-24(30)26-22(28)16-6-4-3-5-7-16/h3-9,14,18,23,29H,10-13H2,1-2H3,(H2,25,26,28,30). The van der Waals surface area contributed by atoms with Gasteiger partial charge in [-0.15, -0.1) is 0 Å². The molecule has 2 heterocycles. The molecule has 0 spiro atoms. The van der Waals surface area contributed by atoms with Gasteiger partial charge in [0.1, 0.15) is 17.6 Å². The van der Waals surface area contributed by atoms with E-state index in [9.17, 15) is 14.7 Å². The van der Waals surface area contributed by atoms with Crippen molar-refractivity contribution in [2.45, 2.75) is 32.2 Å². The number of amides is 3. The molecule has 8 heteroatoms. The van der Waals surface area contributed by atoms with Crippen molar-refractivity contribution in [3.05, 3.63) is 64.9 Å². The number of rotatable bonds is 4. The van der Waals surface area contributed by atoms with Gasteiger partial charge in [0.25, 0.3) is 5.91 Å². The van der Waals surface area contributed by atoms with Crippen LogP contribution in [0.3, 0.4) is 0 Å². The molecule has 1 fully saturated rings. The van der Waals surface area contributed by atoms with E-state index in [1.54, 1.807) is 36.4 Å². The second-order valence-electron chi connectivity index (χ2n) is 8.07. The van der Waals surface area contributed by atoms with E-state index in [2.05, 4.69) is 22.6 Å². The van der Waals surface area contributed by atoms with Crippen LogP contribution < -0.4 is 20.1 Å². The highest BCUT2D eigenvalue weighted by molar-refractivity contribution is 6.04. The zero-order valence-corrected chi connectivity index (χ0v) is 18.1. The summed E-state index contributed by atoms with van der Waals surface area (Å²) in [7, 11) is 2.10. The normalized spacial score (nSPS) is 18.7. The third-order valence-electron chi connectivity index (χ3n) is 5.67. The van der Waals surface area contributed by atoms with Crippen LogP contribution in [-0.2, 0) is 0 Å². The molecule has 0 aromatic heterocycles. The minimum atomic E-state index is -1.38. The van der Waals surface area contributed by atoms with Crippen molar-refractivity contribution < 1.29 is 24.2 Å². The Morgan fingerprint density at radius 2 is 1.84 bits per heavy atom. The molecule has 2 aromatic carbocycles. The lowest BCUT2D eigenvalue weighted by Crippen LogP contribution is -2.43. The number of urea groups is 1. The van der Waals surface area contributed by atoms with Gasteiger partial charge in [0.2, 0.25) is 6.29 Å². The average Bonchev–Trinajstić information content (AvgIpc) is 2.79. The molecule has 3 N–H and O–H groups in total. The summed E-state index contributed by atoms with van der Waals surface area (Å²) in [5, 5.41) is 15.1. The van der Waals surface area contributed by atoms with Crippen LogP contribution in [0.25, 0.3) is 6.08 Å². The molecule has 0 bridgehead atoms. The molecular weight excluding hydrogens is 410 g/mol. The summed E-state index contributed by atoms with van der Waals surface area (Å²) in [6, 6.07) is 11.3. The molecule has 2 aliphatic rings. The third-order valence-corrected chi connectivity index (χ3v) is 5.67. The van der Waals surface area contributed by atoms with Gasteiger partial charge in [0, 0.05) is 29.8 Å². The van der Waals surface area contributed by atoms with E-state index in [-0.39, 0.29) is 11.8 Å². The summed E-state index contributed by atoms with van der Waals surface area (Å²) >= 11 is 0. The fourth-order valence-electron chi connectivity index (χ4n) is 3.81. The zero-order valence-electron chi connectivity index (χ0n) is 18.1. The number of aliphatic hydroxyl groups excluding tert-OH is 1. The zero-order chi connectivity index (χ0) is 22.7. The van der Waals surface area contributed by atoms with Crippen molar-refractivity contribution in [1.29, 1.82) is 0 Å². The van der Waals surface area contributed by atoms with Gasteiger partial charge < -0.3 is 24.8 Å². The monoisotopic (exact) mass is 437 g/mol. The number of carbonyl (C=O) groups excluding carboxylic acids is 2. The smallest absolute Gasteiger partial charge is 0.326 e. The fraction of sp³-hybridized carbons (Fsp3) is 0.333. The summed E-state index contributed by atoms with van der Waals surface area (Å²) in [6.45, 7) is 3.88. The highest BCUT2D eigenvalue weighted by Gasteiger charge is 2.26. The highest BCUT2D eigenvalue weighted by Crippen LogP contribution is 2.37. The Hall–Kier alpha value is -3.36. The molecule has 32 heavy (non-hydrogen) atoms. The molecular formula is C24H27N3O5. The van der Waals surface area contributed by atoms with Gasteiger partial charge >= 0.3 is 6.03 Å². The minimum absolute atomic E-state index is 0.138. The van der Waals surface area contributed by atoms with Crippen molar-refractivity contribution in [2.24, 2.45) is 0 Å². The lowest BCUT2D eigenvalue weighted by molar-refractivity contribution is 0.00775. The summed E-state index contributed by atoms with van der Waals surface area (Å²) < 4.78 is 11.9. The molecule has 2 aromatic rings. The van der Waals surface area contributed by atoms with Crippen molar-refractivity contribution in [1.82, 2.24) is 15.5 Å². The van der Waals surface area contributed by atoms with E-state index in [0.717, 1.165) is 37.2 Å². The quantitative estimate of drug-likeness (QED) is 0.680. The Labute approximate surface area is 186 Å². The van der Waals surface area contributed by atoms with Crippen molar-refractivity contribution in [2.75, 3.05) is 20.1 Å². The van der Waals surface area contributed by atoms with Crippen LogP contribution in [0.5, 0.6) is 11.5 Å². The number of piperidine rings is 1. The van der Waals surface area contributed by atoms with Gasteiger partial charge in [-0.3, -0.25) is 10.1 Å². The van der Waals surface area contributed by atoms with E-state index in [1.807, 2.05) is 19.1 Å². The Morgan fingerprint density at radius 3 is 2.56 bits per heavy atom. The van der Waals surface area contributed by atoms with Crippen LogP contribution in [0.2, 0.25) is 0 Å². The molecule has 0 saturated carbocycles. The van der Waals surface area contributed by atoms with Gasteiger partial charge in [-0.2, -0.15) is 0 Å². The van der Waals surface area contributed by atoms with E-state index in [1.165, 1.54) is 0 Å². The Balaban J connectivity index is 1.44. The molecule has 0 aliphatic carbocycles. The number of imide groups is 1. The van der Waals surface area contributed by atoms with Crippen molar-refractivity contribution >= 4 is 18.0 Å². The van der Waals surface area contributed by atoms with E-state index >= 15 is 0 Å². The van der Waals surface area contributed by atoms with Crippen molar-refractivity contribution in [3.8, 4) is 11.5 Å². The number of nitrogens with zero attached hydrogens (tertiary/aromatic N) is 1. The summed E-state index contributed by atoms with van der Waals surface area (Å²) in [4.78, 5) is 26.7. The van der Waals surface area contributed by atoms with E-state index in [0.29, 0.717) is 16.9 Å². The van der Waals surface area contributed by atoms with E-state index < -0.39 is 18.2 Å². The molecule has 0 radical (unpaired) electrons. The maximum absolute atomic E-state index is 12.2. The molecule has 1 saturated heterocycles. The Morgan fingerprint density at radius 1 is 1.12 bits per heavy atom. The third kappa shape index (κ3) is 4.92. The molecule has 3 amide bonds. The first-order valence-electron chi connectivity index (χ1n) is 10.6. The van der Waals surface area contributed by atoms with Crippen LogP contribution in [0, 0.1) is 6.92 Å². The number of ether oxygens (including phenoxy) is 2. The van der Waals surface area contributed by atoms with Gasteiger partial charge in [0.05, 0.1) is 5.70 Å². The topological polar surface area (TPSA) is 100 Å². The number of nitrogens with one attached hydrogen (secondary N) is 2. The van der Waals surface area contributed by atoms with Gasteiger partial charge in [-0.1, -0.05) is 18.2 Å². The summed E-state index contributed by atoms with van der Waals surface area (Å²) in [5.74, 6) is 0.692. The van der Waals surface area contributed by atoms with Crippen LogP contribution in [0.1, 0.15) is 34.3 Å². The van der Waals surface area contributed by atoms with Crippen LogP contribution in [0.15, 0.2) is 48.2 Å².